The van der Waals surface area contributed by atoms with E-state index in [0.29, 0.717) is 28.1 Å². The monoisotopic (exact) mass is 434 g/mol. The van der Waals surface area contributed by atoms with Crippen LogP contribution in [0.5, 0.6) is 5.75 Å². The molecule has 0 amide bonds. The number of ether oxygens (including phenoxy) is 1. The highest BCUT2D eigenvalue weighted by Crippen LogP contribution is 2.45. The zero-order valence-electron chi connectivity index (χ0n) is 15.2. The molecule has 3 aromatic carbocycles. The molecule has 1 heterocycles. The zero-order chi connectivity index (χ0) is 19.4. The Bertz CT molecular complexity index is 1280. The lowest BCUT2D eigenvalue weighted by atomic mass is 9.87. The standard InChI is InChI=1S/C22H15BrN2O3/c1-11-9-12(27-2)7-8-16(11)24-17-10-15(23)20-19-18(17)21(26)13-5-3-4-6-14(13)22(19)28-25-20/h3-10,24H,1-2H3. The molecule has 0 bridgehead atoms. The summed E-state index contributed by atoms with van der Waals surface area (Å²) in [5, 5.41) is 8.33. The number of anilines is 2. The Morgan fingerprint density at radius 1 is 1.07 bits per heavy atom. The van der Waals surface area contributed by atoms with Gasteiger partial charge in [0.05, 0.1) is 23.7 Å². The van der Waals surface area contributed by atoms with Crippen LogP contribution in [-0.2, 0) is 0 Å². The number of nitrogens with one attached hydrogen (secondary N) is 1. The van der Waals surface area contributed by atoms with Gasteiger partial charge in [0.1, 0.15) is 11.3 Å². The van der Waals surface area contributed by atoms with Gasteiger partial charge in [-0.25, -0.2) is 0 Å². The Hall–Kier alpha value is -3.12. The number of hydrogen-bond donors (Lipinski definition) is 1. The maximum absolute atomic E-state index is 13.4. The van der Waals surface area contributed by atoms with Gasteiger partial charge in [0, 0.05) is 21.3 Å². The number of methoxy groups -OCH3 is 1. The third-order valence-electron chi connectivity index (χ3n) is 5.05. The van der Waals surface area contributed by atoms with Crippen LogP contribution in [0.4, 0.5) is 11.4 Å². The van der Waals surface area contributed by atoms with Crippen molar-refractivity contribution in [1.82, 2.24) is 5.16 Å². The number of fused-ring (bicyclic) bond motifs is 2. The van der Waals surface area contributed by atoms with Crippen molar-refractivity contribution in [2.75, 3.05) is 12.4 Å². The molecule has 0 unspecified atom stereocenters. The topological polar surface area (TPSA) is 64.4 Å². The van der Waals surface area contributed by atoms with Gasteiger partial charge in [-0.3, -0.25) is 4.79 Å². The van der Waals surface area contributed by atoms with Crippen LogP contribution < -0.4 is 10.1 Å². The van der Waals surface area contributed by atoms with E-state index in [0.717, 1.165) is 32.4 Å². The van der Waals surface area contributed by atoms with E-state index in [1.807, 2.05) is 55.5 Å². The molecule has 0 spiro atoms. The number of ketones is 1. The minimum absolute atomic E-state index is 0.0440. The van der Waals surface area contributed by atoms with Crippen LogP contribution in [0, 0.1) is 6.92 Å². The molecular formula is C22H15BrN2O3. The number of benzene rings is 3. The van der Waals surface area contributed by atoms with Crippen molar-refractivity contribution in [2.45, 2.75) is 6.92 Å². The molecule has 5 rings (SSSR count). The second-order valence-corrected chi connectivity index (χ2v) is 7.55. The predicted octanol–water partition coefficient (Wildman–Crippen LogP) is 5.86. The summed E-state index contributed by atoms with van der Waals surface area (Å²) in [6.45, 7) is 1.99. The largest absolute Gasteiger partial charge is 0.497 e. The SMILES string of the molecule is COc1ccc(Nc2cc(Br)c3noc4c3c2C(=O)c2ccccc2-4)c(C)c1. The van der Waals surface area contributed by atoms with Gasteiger partial charge in [-0.1, -0.05) is 29.4 Å². The number of nitrogens with zero attached hydrogens (tertiary/aromatic N) is 1. The Kier molecular flexibility index (Phi) is 3.77. The number of rotatable bonds is 3. The molecule has 6 heteroatoms. The molecule has 4 aromatic rings. The molecule has 0 fully saturated rings. The van der Waals surface area contributed by atoms with E-state index < -0.39 is 0 Å². The van der Waals surface area contributed by atoms with E-state index in [-0.39, 0.29) is 5.78 Å². The quantitative estimate of drug-likeness (QED) is 0.385. The van der Waals surface area contributed by atoms with Gasteiger partial charge in [-0.2, -0.15) is 0 Å². The van der Waals surface area contributed by atoms with Crippen molar-refractivity contribution < 1.29 is 14.1 Å². The smallest absolute Gasteiger partial charge is 0.196 e. The molecule has 5 nitrogen and oxygen atoms in total. The number of hydrogen-bond acceptors (Lipinski definition) is 5. The summed E-state index contributed by atoms with van der Waals surface area (Å²) in [6, 6.07) is 15.1. The molecule has 1 aromatic heterocycles. The number of halogens is 1. The molecule has 138 valence electrons. The first-order valence-corrected chi connectivity index (χ1v) is 9.55. The second-order valence-electron chi connectivity index (χ2n) is 6.70. The maximum atomic E-state index is 13.4. The van der Waals surface area contributed by atoms with Crippen molar-refractivity contribution in [3.63, 3.8) is 0 Å². The lowest BCUT2D eigenvalue weighted by Gasteiger charge is -2.19. The van der Waals surface area contributed by atoms with Crippen LogP contribution in [0.25, 0.3) is 22.2 Å². The van der Waals surface area contributed by atoms with E-state index in [4.69, 9.17) is 9.26 Å². The van der Waals surface area contributed by atoms with Crippen molar-refractivity contribution in [3.05, 3.63) is 69.7 Å². The second kappa shape index (κ2) is 6.21. The number of carbonyl (C=O) groups is 1. The summed E-state index contributed by atoms with van der Waals surface area (Å²) in [7, 11) is 1.64. The molecule has 0 atom stereocenters. The van der Waals surface area contributed by atoms with Gasteiger partial charge < -0.3 is 14.6 Å². The summed E-state index contributed by atoms with van der Waals surface area (Å²) in [4.78, 5) is 13.4. The molecular weight excluding hydrogens is 420 g/mol. The molecule has 28 heavy (non-hydrogen) atoms. The lowest BCUT2D eigenvalue weighted by Crippen LogP contribution is -2.11. The summed E-state index contributed by atoms with van der Waals surface area (Å²) in [6.07, 6.45) is 0. The first-order chi connectivity index (χ1) is 13.6. The van der Waals surface area contributed by atoms with Crippen molar-refractivity contribution in [3.8, 4) is 17.1 Å². The minimum Gasteiger partial charge on any atom is -0.497 e. The lowest BCUT2D eigenvalue weighted by molar-refractivity contribution is 0.104. The number of aromatic nitrogens is 1. The third kappa shape index (κ3) is 2.38. The minimum atomic E-state index is -0.0440. The molecule has 0 aliphatic heterocycles. The average Bonchev–Trinajstić information content (AvgIpc) is 3.15. The Morgan fingerprint density at radius 3 is 2.61 bits per heavy atom. The Labute approximate surface area is 169 Å². The highest BCUT2D eigenvalue weighted by molar-refractivity contribution is 9.10. The Balaban J connectivity index is 1.74. The first kappa shape index (κ1) is 17.0. The summed E-state index contributed by atoms with van der Waals surface area (Å²) < 4.78 is 11.7. The van der Waals surface area contributed by atoms with Crippen molar-refractivity contribution in [2.24, 2.45) is 0 Å². The van der Waals surface area contributed by atoms with Gasteiger partial charge in [0.2, 0.25) is 0 Å². The van der Waals surface area contributed by atoms with Crippen molar-refractivity contribution in [1.29, 1.82) is 0 Å². The highest BCUT2D eigenvalue weighted by Gasteiger charge is 2.32. The van der Waals surface area contributed by atoms with Crippen LogP contribution in [0.3, 0.4) is 0 Å². The zero-order valence-corrected chi connectivity index (χ0v) is 16.8. The number of carbonyl (C=O) groups excluding carboxylic acids is 1. The average molecular weight is 435 g/mol. The van der Waals surface area contributed by atoms with Crippen LogP contribution in [-0.4, -0.2) is 18.0 Å². The van der Waals surface area contributed by atoms with Gasteiger partial charge in [-0.15, -0.1) is 0 Å². The normalized spacial score (nSPS) is 12.2. The Morgan fingerprint density at radius 2 is 1.86 bits per heavy atom. The van der Waals surface area contributed by atoms with Crippen molar-refractivity contribution >= 4 is 44.0 Å². The number of aryl methyl sites for hydroxylation is 1. The molecule has 0 radical (unpaired) electrons. The molecule has 1 aliphatic carbocycles. The molecule has 1 N–H and O–H groups in total. The van der Waals surface area contributed by atoms with E-state index >= 15 is 0 Å². The van der Waals surface area contributed by atoms with Gasteiger partial charge in [0.25, 0.3) is 0 Å². The van der Waals surface area contributed by atoms with E-state index in [1.165, 1.54) is 0 Å². The van der Waals surface area contributed by atoms with Crippen LogP contribution in [0.1, 0.15) is 21.5 Å². The highest BCUT2D eigenvalue weighted by atomic mass is 79.9. The van der Waals surface area contributed by atoms with Crippen LogP contribution >= 0.6 is 15.9 Å². The van der Waals surface area contributed by atoms with Gasteiger partial charge >= 0.3 is 0 Å². The fourth-order valence-corrected chi connectivity index (χ4v) is 4.17. The van der Waals surface area contributed by atoms with E-state index in [9.17, 15) is 4.79 Å². The predicted molar refractivity (Wildman–Crippen MR) is 112 cm³/mol. The van der Waals surface area contributed by atoms with Gasteiger partial charge in [-0.05, 0) is 52.7 Å². The maximum Gasteiger partial charge on any atom is 0.196 e. The first-order valence-electron chi connectivity index (χ1n) is 8.76. The molecule has 1 aliphatic rings. The summed E-state index contributed by atoms with van der Waals surface area (Å²) in [5.74, 6) is 1.36. The van der Waals surface area contributed by atoms with E-state index in [1.54, 1.807) is 7.11 Å². The summed E-state index contributed by atoms with van der Waals surface area (Å²) >= 11 is 3.57. The molecule has 0 saturated heterocycles. The fourth-order valence-electron chi connectivity index (χ4n) is 3.67. The van der Waals surface area contributed by atoms with Gasteiger partial charge in [0.15, 0.2) is 11.5 Å². The third-order valence-corrected chi connectivity index (χ3v) is 5.66. The molecule has 0 saturated carbocycles. The van der Waals surface area contributed by atoms with Crippen LogP contribution in [0.15, 0.2) is 57.5 Å². The van der Waals surface area contributed by atoms with E-state index in [2.05, 4.69) is 26.4 Å². The fraction of sp³-hybridized carbons (Fsp3) is 0.0909. The van der Waals surface area contributed by atoms with Crippen LogP contribution in [0.2, 0.25) is 0 Å². The summed E-state index contributed by atoms with van der Waals surface area (Å²) in [5.41, 5.74) is 5.21.